The minimum atomic E-state index is -0.962. The van der Waals surface area contributed by atoms with Gasteiger partial charge < -0.3 is 24.3 Å². The van der Waals surface area contributed by atoms with Crippen molar-refractivity contribution in [1.29, 1.82) is 0 Å². The fourth-order valence-corrected chi connectivity index (χ4v) is 5.23. The number of allylic oxidation sites excluding steroid dienone is 3. The van der Waals surface area contributed by atoms with Gasteiger partial charge in [-0.15, -0.1) is 0 Å². The van der Waals surface area contributed by atoms with Crippen molar-refractivity contribution >= 4 is 29.5 Å². The first-order chi connectivity index (χ1) is 16.8. The number of rotatable bonds is 9. The zero-order valence-corrected chi connectivity index (χ0v) is 21.9. The van der Waals surface area contributed by atoms with Gasteiger partial charge in [0, 0.05) is 28.3 Å². The number of benzene rings is 1. The van der Waals surface area contributed by atoms with Gasteiger partial charge in [0.2, 0.25) is 0 Å². The van der Waals surface area contributed by atoms with Crippen LogP contribution in [0.5, 0.6) is 11.5 Å². The van der Waals surface area contributed by atoms with Gasteiger partial charge in [-0.2, -0.15) is 11.8 Å². The Morgan fingerprint density at radius 2 is 1.91 bits per heavy atom. The normalized spacial score (nSPS) is 21.8. The van der Waals surface area contributed by atoms with E-state index in [1.165, 1.54) is 14.2 Å². The molecule has 1 aliphatic carbocycles. The van der Waals surface area contributed by atoms with Crippen molar-refractivity contribution in [3.8, 4) is 11.5 Å². The van der Waals surface area contributed by atoms with Crippen molar-refractivity contribution in [2.24, 2.45) is 11.8 Å². The molecule has 0 spiro atoms. The van der Waals surface area contributed by atoms with Crippen LogP contribution in [-0.2, 0) is 23.9 Å². The SMILES string of the molecule is CCSCCOC(=O)C1=C(C)NC2=C(C(=O)[C@H](C(=O)OC)[C@@H](C)C2)[C@@H]1c1cc(OC)ccc1OC. The van der Waals surface area contributed by atoms with Crippen LogP contribution in [0.4, 0.5) is 0 Å². The van der Waals surface area contributed by atoms with E-state index in [1.807, 2.05) is 13.8 Å². The van der Waals surface area contributed by atoms with Gasteiger partial charge in [-0.05, 0) is 43.2 Å². The summed E-state index contributed by atoms with van der Waals surface area (Å²) >= 11 is 1.67. The molecule has 35 heavy (non-hydrogen) atoms. The van der Waals surface area contributed by atoms with E-state index in [0.717, 1.165) is 5.75 Å². The molecule has 1 aromatic rings. The fourth-order valence-electron chi connectivity index (χ4n) is 4.74. The Kier molecular flexibility index (Phi) is 8.88. The molecule has 190 valence electrons. The first-order valence-corrected chi connectivity index (χ1v) is 12.7. The summed E-state index contributed by atoms with van der Waals surface area (Å²) in [5.41, 5.74) is 2.53. The number of Topliss-reactive ketones (excluding diaryl/α,β-unsaturated/α-hetero) is 1. The highest BCUT2D eigenvalue weighted by molar-refractivity contribution is 7.99. The minimum Gasteiger partial charge on any atom is -0.497 e. The highest BCUT2D eigenvalue weighted by atomic mass is 32.2. The van der Waals surface area contributed by atoms with E-state index in [2.05, 4.69) is 5.32 Å². The van der Waals surface area contributed by atoms with Crippen LogP contribution >= 0.6 is 11.8 Å². The van der Waals surface area contributed by atoms with Crippen LogP contribution in [0.25, 0.3) is 0 Å². The van der Waals surface area contributed by atoms with Crippen LogP contribution < -0.4 is 14.8 Å². The summed E-state index contributed by atoms with van der Waals surface area (Å²) in [5, 5.41) is 3.26. The molecule has 9 heteroatoms. The number of thioether (sulfide) groups is 1. The average Bonchev–Trinajstić information content (AvgIpc) is 2.84. The van der Waals surface area contributed by atoms with Crippen molar-refractivity contribution in [1.82, 2.24) is 5.32 Å². The van der Waals surface area contributed by atoms with Gasteiger partial charge in [-0.1, -0.05) is 13.8 Å². The molecule has 0 bridgehead atoms. The Morgan fingerprint density at radius 3 is 2.54 bits per heavy atom. The number of nitrogens with one attached hydrogen (secondary N) is 1. The number of hydrogen-bond donors (Lipinski definition) is 1. The highest BCUT2D eigenvalue weighted by Crippen LogP contribution is 2.48. The Hall–Kier alpha value is -2.94. The summed E-state index contributed by atoms with van der Waals surface area (Å²) < 4.78 is 21.6. The summed E-state index contributed by atoms with van der Waals surface area (Å²) in [6, 6.07) is 5.24. The van der Waals surface area contributed by atoms with Crippen LogP contribution in [0.1, 0.15) is 38.7 Å². The van der Waals surface area contributed by atoms with Gasteiger partial charge in [0.05, 0.1) is 32.8 Å². The predicted octanol–water partition coefficient (Wildman–Crippen LogP) is 3.61. The Bertz CT molecular complexity index is 1060. The lowest BCUT2D eigenvalue weighted by Crippen LogP contribution is -2.43. The molecule has 0 aromatic heterocycles. The molecule has 2 aliphatic rings. The topological polar surface area (TPSA) is 100 Å². The third-order valence-corrected chi connectivity index (χ3v) is 7.24. The molecule has 1 heterocycles. The van der Waals surface area contributed by atoms with Crippen molar-refractivity contribution in [3.63, 3.8) is 0 Å². The smallest absolute Gasteiger partial charge is 0.336 e. The first-order valence-electron chi connectivity index (χ1n) is 11.6. The quantitative estimate of drug-likeness (QED) is 0.308. The maximum atomic E-state index is 13.8. The maximum absolute atomic E-state index is 13.8. The molecular weight excluding hydrogens is 470 g/mol. The number of dihydropyridines is 1. The second kappa shape index (κ2) is 11.7. The number of ether oxygens (including phenoxy) is 4. The summed E-state index contributed by atoms with van der Waals surface area (Å²) in [4.78, 5) is 39.8. The molecule has 1 aromatic carbocycles. The fraction of sp³-hybridized carbons (Fsp3) is 0.500. The zero-order valence-electron chi connectivity index (χ0n) is 21.1. The predicted molar refractivity (Wildman–Crippen MR) is 133 cm³/mol. The Labute approximate surface area is 210 Å². The largest absolute Gasteiger partial charge is 0.497 e. The van der Waals surface area contributed by atoms with Gasteiger partial charge in [-0.3, -0.25) is 9.59 Å². The zero-order chi connectivity index (χ0) is 25.7. The highest BCUT2D eigenvalue weighted by Gasteiger charge is 2.48. The number of esters is 2. The van der Waals surface area contributed by atoms with Crippen LogP contribution in [-0.4, -0.2) is 57.2 Å². The molecule has 0 fully saturated rings. The monoisotopic (exact) mass is 503 g/mol. The van der Waals surface area contributed by atoms with E-state index in [4.69, 9.17) is 18.9 Å². The standard InChI is InChI=1S/C26H33NO7S/c1-7-35-11-10-34-26(30)21-15(3)27-18-12-14(2)20(25(29)33-6)24(28)23(18)22(21)17-13-16(31-4)8-9-19(17)32-5/h8-9,13-14,20,22,27H,7,10-12H2,1-6H3/t14-,20+,22+/m0/s1. The van der Waals surface area contributed by atoms with Gasteiger partial charge in [-0.25, -0.2) is 4.79 Å². The second-order valence-corrected chi connectivity index (χ2v) is 9.87. The van der Waals surface area contributed by atoms with Gasteiger partial charge in [0.25, 0.3) is 0 Å². The first kappa shape index (κ1) is 26.7. The summed E-state index contributed by atoms with van der Waals surface area (Å²) in [6.45, 7) is 5.93. The number of carbonyl (C=O) groups is 3. The van der Waals surface area contributed by atoms with Crippen LogP contribution in [0.15, 0.2) is 40.7 Å². The molecule has 1 N–H and O–H groups in total. The summed E-state index contributed by atoms with van der Waals surface area (Å²) in [7, 11) is 4.34. The molecule has 8 nitrogen and oxygen atoms in total. The van der Waals surface area contributed by atoms with Crippen molar-refractivity contribution in [3.05, 3.63) is 46.3 Å². The number of methoxy groups -OCH3 is 3. The van der Waals surface area contributed by atoms with E-state index < -0.39 is 23.8 Å². The molecule has 1 aliphatic heterocycles. The summed E-state index contributed by atoms with van der Waals surface area (Å²) in [6.07, 6.45) is 0.455. The van der Waals surface area contributed by atoms with Crippen LogP contribution in [0, 0.1) is 11.8 Å². The molecule has 0 saturated carbocycles. The van der Waals surface area contributed by atoms with Gasteiger partial charge in [0.15, 0.2) is 5.78 Å². The lowest BCUT2D eigenvalue weighted by molar-refractivity contribution is -0.151. The molecule has 0 unspecified atom stereocenters. The molecule has 3 rings (SSSR count). The average molecular weight is 504 g/mol. The third-order valence-electron chi connectivity index (χ3n) is 6.38. The van der Waals surface area contributed by atoms with E-state index in [9.17, 15) is 14.4 Å². The van der Waals surface area contributed by atoms with Crippen LogP contribution in [0.2, 0.25) is 0 Å². The second-order valence-electron chi connectivity index (χ2n) is 8.48. The van der Waals surface area contributed by atoms with Gasteiger partial charge in [0.1, 0.15) is 24.0 Å². The van der Waals surface area contributed by atoms with Crippen molar-refractivity contribution in [2.75, 3.05) is 39.4 Å². The van der Waals surface area contributed by atoms with E-state index in [1.54, 1.807) is 44.0 Å². The molecule has 0 saturated heterocycles. The van der Waals surface area contributed by atoms with Crippen LogP contribution in [0.3, 0.4) is 0 Å². The van der Waals surface area contributed by atoms with Gasteiger partial charge >= 0.3 is 11.9 Å². The Balaban J connectivity index is 2.17. The minimum absolute atomic E-state index is 0.248. The molecule has 0 amide bonds. The van der Waals surface area contributed by atoms with E-state index in [0.29, 0.717) is 51.8 Å². The maximum Gasteiger partial charge on any atom is 0.336 e. The lowest BCUT2D eigenvalue weighted by atomic mass is 9.69. The lowest BCUT2D eigenvalue weighted by Gasteiger charge is -2.38. The van der Waals surface area contributed by atoms with Crippen molar-refractivity contribution < 1.29 is 33.3 Å². The summed E-state index contributed by atoms with van der Waals surface area (Å²) in [5.74, 6) is -0.865. The number of carbonyl (C=O) groups excluding carboxylic acids is 3. The van der Waals surface area contributed by atoms with Crippen molar-refractivity contribution in [2.45, 2.75) is 33.1 Å². The number of hydrogen-bond acceptors (Lipinski definition) is 9. The van der Waals surface area contributed by atoms with E-state index >= 15 is 0 Å². The number of ketones is 1. The molecule has 0 radical (unpaired) electrons. The van der Waals surface area contributed by atoms with E-state index in [-0.39, 0.29) is 18.3 Å². The molecule has 3 atom stereocenters. The third kappa shape index (κ3) is 5.34. The Morgan fingerprint density at radius 1 is 1.17 bits per heavy atom. The molecular formula is C26H33NO7S.